The van der Waals surface area contributed by atoms with Crippen LogP contribution < -0.4 is 11.2 Å². The lowest BCUT2D eigenvalue weighted by atomic mass is 9.96. The highest BCUT2D eigenvalue weighted by atomic mass is 16.1. The van der Waals surface area contributed by atoms with Gasteiger partial charge in [-0.1, -0.05) is 12.1 Å². The van der Waals surface area contributed by atoms with E-state index in [1.807, 2.05) is 31.5 Å². The molecule has 0 atom stereocenters. The second-order valence-electron chi connectivity index (χ2n) is 6.07. The zero-order chi connectivity index (χ0) is 15.1. The smallest absolute Gasteiger partial charge is 0.186 e. The molecule has 0 unspecified atom stereocenters. The summed E-state index contributed by atoms with van der Waals surface area (Å²) in [5.41, 5.74) is 10.5. The van der Waals surface area contributed by atoms with Crippen LogP contribution in [0.5, 0.6) is 0 Å². The molecule has 0 amide bonds. The maximum absolute atomic E-state index is 12.1. The molecule has 2 aromatic rings. The highest BCUT2D eigenvalue weighted by Gasteiger charge is 2.19. The van der Waals surface area contributed by atoms with Gasteiger partial charge in [-0.05, 0) is 51.8 Å². The van der Waals surface area contributed by atoms with E-state index in [0.717, 1.165) is 11.4 Å². The van der Waals surface area contributed by atoms with Crippen molar-refractivity contribution in [1.29, 1.82) is 0 Å². The molecular formula is C17H22N2O. The predicted molar refractivity (Wildman–Crippen MR) is 83.5 cm³/mol. The number of pyridine rings is 1. The molecule has 3 heteroatoms. The van der Waals surface area contributed by atoms with Crippen molar-refractivity contribution in [3.05, 3.63) is 63.1 Å². The molecule has 0 saturated heterocycles. The van der Waals surface area contributed by atoms with Gasteiger partial charge < -0.3 is 10.3 Å². The maximum atomic E-state index is 12.1. The second kappa shape index (κ2) is 4.91. The molecule has 1 aromatic carbocycles. The van der Waals surface area contributed by atoms with Crippen molar-refractivity contribution < 1.29 is 0 Å². The van der Waals surface area contributed by atoms with Gasteiger partial charge in [0.1, 0.15) is 0 Å². The summed E-state index contributed by atoms with van der Waals surface area (Å²) in [5.74, 6) is 0. The molecule has 0 saturated carbocycles. The summed E-state index contributed by atoms with van der Waals surface area (Å²) in [5, 5.41) is 0. The number of aryl methyl sites for hydroxylation is 3. The largest absolute Gasteiger partial charge is 0.322 e. The molecule has 106 valence electrons. The van der Waals surface area contributed by atoms with Gasteiger partial charge in [-0.15, -0.1) is 0 Å². The Bertz CT molecular complexity index is 706. The van der Waals surface area contributed by atoms with Crippen LogP contribution in [0.25, 0.3) is 5.69 Å². The van der Waals surface area contributed by atoms with Crippen molar-refractivity contribution >= 4 is 0 Å². The minimum absolute atomic E-state index is 0.00319. The van der Waals surface area contributed by atoms with Crippen molar-refractivity contribution in [2.75, 3.05) is 0 Å². The number of hydrogen-bond donors (Lipinski definition) is 1. The third-order valence-corrected chi connectivity index (χ3v) is 3.56. The molecule has 1 heterocycles. The van der Waals surface area contributed by atoms with Crippen molar-refractivity contribution in [3.8, 4) is 5.69 Å². The van der Waals surface area contributed by atoms with Crippen LogP contribution in [0.3, 0.4) is 0 Å². The molecule has 0 aliphatic rings. The standard InChI is InChI=1S/C17H22N2O/c1-11-6-7-12(2)15(8-11)19-10-14(17(4,5)18)16(20)9-13(19)3/h6-10H,18H2,1-5H3. The van der Waals surface area contributed by atoms with E-state index < -0.39 is 5.54 Å². The van der Waals surface area contributed by atoms with E-state index in [0.29, 0.717) is 5.56 Å². The average molecular weight is 270 g/mol. The second-order valence-corrected chi connectivity index (χ2v) is 6.07. The zero-order valence-electron chi connectivity index (χ0n) is 12.8. The Balaban J connectivity index is 2.75. The minimum atomic E-state index is -0.649. The summed E-state index contributed by atoms with van der Waals surface area (Å²) in [6.07, 6.45) is 1.87. The van der Waals surface area contributed by atoms with E-state index in [9.17, 15) is 4.79 Å². The number of aromatic nitrogens is 1. The molecule has 0 fully saturated rings. The molecule has 0 aliphatic heterocycles. The van der Waals surface area contributed by atoms with Crippen LogP contribution in [0.2, 0.25) is 0 Å². The predicted octanol–water partition coefficient (Wildman–Crippen LogP) is 2.96. The number of rotatable bonds is 2. The monoisotopic (exact) mass is 270 g/mol. The first-order valence-corrected chi connectivity index (χ1v) is 6.80. The number of benzene rings is 1. The summed E-state index contributed by atoms with van der Waals surface area (Å²) in [6.45, 7) is 9.78. The molecule has 0 spiro atoms. The van der Waals surface area contributed by atoms with Gasteiger partial charge in [0.2, 0.25) is 0 Å². The lowest BCUT2D eigenvalue weighted by molar-refractivity contribution is 0.544. The third kappa shape index (κ3) is 2.68. The zero-order valence-corrected chi connectivity index (χ0v) is 12.8. The van der Waals surface area contributed by atoms with Gasteiger partial charge in [0, 0.05) is 34.7 Å². The Morgan fingerprint density at radius 1 is 1.10 bits per heavy atom. The van der Waals surface area contributed by atoms with Crippen molar-refractivity contribution in [2.45, 2.75) is 40.2 Å². The van der Waals surface area contributed by atoms with Crippen LogP contribution in [0.15, 0.2) is 35.3 Å². The normalized spacial score (nSPS) is 11.7. The van der Waals surface area contributed by atoms with Crippen LogP contribution in [-0.4, -0.2) is 4.57 Å². The molecular weight excluding hydrogens is 248 g/mol. The fourth-order valence-corrected chi connectivity index (χ4v) is 2.35. The Kier molecular flexibility index (Phi) is 3.57. The SMILES string of the molecule is Cc1ccc(C)c(-n2cc(C(C)(C)N)c(=O)cc2C)c1. The van der Waals surface area contributed by atoms with Gasteiger partial charge in [0.15, 0.2) is 5.43 Å². The number of hydrogen-bond acceptors (Lipinski definition) is 2. The van der Waals surface area contributed by atoms with Crippen LogP contribution in [-0.2, 0) is 5.54 Å². The topological polar surface area (TPSA) is 48.0 Å². The van der Waals surface area contributed by atoms with Gasteiger partial charge in [-0.25, -0.2) is 0 Å². The maximum Gasteiger partial charge on any atom is 0.186 e. The Hall–Kier alpha value is -1.87. The summed E-state index contributed by atoms with van der Waals surface area (Å²) in [7, 11) is 0. The van der Waals surface area contributed by atoms with E-state index in [2.05, 4.69) is 32.0 Å². The number of nitrogens with zero attached hydrogens (tertiary/aromatic N) is 1. The highest BCUT2D eigenvalue weighted by Crippen LogP contribution is 2.20. The summed E-state index contributed by atoms with van der Waals surface area (Å²) < 4.78 is 2.05. The fraction of sp³-hybridized carbons (Fsp3) is 0.353. The van der Waals surface area contributed by atoms with E-state index >= 15 is 0 Å². The van der Waals surface area contributed by atoms with Crippen LogP contribution in [0.1, 0.15) is 36.2 Å². The Labute approximate surface area is 120 Å². The van der Waals surface area contributed by atoms with Crippen molar-refractivity contribution in [2.24, 2.45) is 5.73 Å². The first-order valence-electron chi connectivity index (χ1n) is 6.80. The molecule has 0 aliphatic carbocycles. The van der Waals surface area contributed by atoms with E-state index in [1.165, 1.54) is 11.1 Å². The van der Waals surface area contributed by atoms with Crippen molar-refractivity contribution in [3.63, 3.8) is 0 Å². The van der Waals surface area contributed by atoms with Gasteiger partial charge in [-0.2, -0.15) is 0 Å². The Morgan fingerprint density at radius 2 is 1.75 bits per heavy atom. The first-order chi connectivity index (χ1) is 9.20. The summed E-state index contributed by atoms with van der Waals surface area (Å²) in [4.78, 5) is 12.1. The lowest BCUT2D eigenvalue weighted by Crippen LogP contribution is -2.35. The van der Waals surface area contributed by atoms with E-state index in [-0.39, 0.29) is 5.43 Å². The summed E-state index contributed by atoms with van der Waals surface area (Å²) >= 11 is 0. The van der Waals surface area contributed by atoms with Crippen molar-refractivity contribution in [1.82, 2.24) is 4.57 Å². The van der Waals surface area contributed by atoms with E-state index in [4.69, 9.17) is 5.73 Å². The quantitative estimate of drug-likeness (QED) is 0.912. The molecule has 1 aromatic heterocycles. The summed E-state index contributed by atoms with van der Waals surface area (Å²) in [6, 6.07) is 7.96. The molecule has 2 rings (SSSR count). The van der Waals surface area contributed by atoms with Crippen LogP contribution in [0, 0.1) is 20.8 Å². The molecule has 0 radical (unpaired) electrons. The van der Waals surface area contributed by atoms with Gasteiger partial charge in [0.05, 0.1) is 0 Å². The van der Waals surface area contributed by atoms with Crippen LogP contribution >= 0.6 is 0 Å². The third-order valence-electron chi connectivity index (χ3n) is 3.56. The van der Waals surface area contributed by atoms with Gasteiger partial charge in [-0.3, -0.25) is 4.79 Å². The first kappa shape index (κ1) is 14.5. The molecule has 0 bridgehead atoms. The van der Waals surface area contributed by atoms with E-state index in [1.54, 1.807) is 6.07 Å². The molecule has 3 nitrogen and oxygen atoms in total. The molecule has 20 heavy (non-hydrogen) atoms. The van der Waals surface area contributed by atoms with Crippen LogP contribution in [0.4, 0.5) is 0 Å². The van der Waals surface area contributed by atoms with Gasteiger partial charge in [0.25, 0.3) is 0 Å². The minimum Gasteiger partial charge on any atom is -0.322 e. The Morgan fingerprint density at radius 3 is 2.35 bits per heavy atom. The lowest BCUT2D eigenvalue weighted by Gasteiger charge is -2.22. The molecule has 2 N–H and O–H groups in total. The van der Waals surface area contributed by atoms with Gasteiger partial charge >= 0.3 is 0 Å². The average Bonchev–Trinajstić information content (AvgIpc) is 2.31. The number of nitrogens with two attached hydrogens (primary N) is 1. The fourth-order valence-electron chi connectivity index (χ4n) is 2.35. The highest BCUT2D eigenvalue weighted by molar-refractivity contribution is 5.45.